The predicted molar refractivity (Wildman–Crippen MR) is 111 cm³/mol. The molecule has 3 aromatic rings. The number of H-pyrrole nitrogens is 1. The van der Waals surface area contributed by atoms with Crippen LogP contribution >= 0.6 is 11.8 Å². The molecular weight excluding hydrogens is 370 g/mol. The standard InChI is InChI=1S/C21H15N5OS/c22-9-10-28-21-25-17-8-4-2-6-15(17)19-24-18(20(27)26(19)21)11-13-12-23-16-7-3-1-5-14(13)16/h1-8,12,18,23H,10-11H2/t18-/m0/s1. The third-order valence-corrected chi connectivity index (χ3v) is 5.71. The molecular formula is C21H15N5OS. The topological polar surface area (TPSA) is 84.6 Å². The van der Waals surface area contributed by atoms with Crippen LogP contribution < -0.4 is 0 Å². The zero-order valence-corrected chi connectivity index (χ0v) is 15.6. The first-order valence-electron chi connectivity index (χ1n) is 8.91. The van der Waals surface area contributed by atoms with Gasteiger partial charge in [-0.1, -0.05) is 42.1 Å². The van der Waals surface area contributed by atoms with Gasteiger partial charge in [-0.3, -0.25) is 9.79 Å². The van der Waals surface area contributed by atoms with Gasteiger partial charge in [0.25, 0.3) is 5.91 Å². The Hall–Kier alpha value is -3.37. The minimum absolute atomic E-state index is 0.0982. The summed E-state index contributed by atoms with van der Waals surface area (Å²) < 4.78 is 0. The van der Waals surface area contributed by atoms with Crippen LogP contribution in [0, 0.1) is 11.3 Å². The van der Waals surface area contributed by atoms with Gasteiger partial charge in [-0.15, -0.1) is 0 Å². The Morgan fingerprint density at radius 2 is 2.00 bits per heavy atom. The maximum Gasteiger partial charge on any atom is 0.259 e. The van der Waals surface area contributed by atoms with E-state index in [2.05, 4.69) is 16.0 Å². The van der Waals surface area contributed by atoms with Crippen LogP contribution in [-0.2, 0) is 11.2 Å². The van der Waals surface area contributed by atoms with Gasteiger partial charge in [-0.05, 0) is 23.8 Å². The van der Waals surface area contributed by atoms with E-state index >= 15 is 0 Å². The Labute approximate surface area is 165 Å². The van der Waals surface area contributed by atoms with Gasteiger partial charge < -0.3 is 4.98 Å². The number of para-hydroxylation sites is 2. The summed E-state index contributed by atoms with van der Waals surface area (Å²) in [5, 5.41) is 10.6. The number of hydrogen-bond donors (Lipinski definition) is 1. The summed E-state index contributed by atoms with van der Waals surface area (Å²) in [5.74, 6) is 0.755. The number of thioether (sulfide) groups is 1. The lowest BCUT2D eigenvalue weighted by molar-refractivity contribution is -0.124. The van der Waals surface area contributed by atoms with Crippen molar-refractivity contribution in [3.8, 4) is 6.07 Å². The van der Waals surface area contributed by atoms with Gasteiger partial charge >= 0.3 is 0 Å². The molecule has 5 rings (SSSR count). The van der Waals surface area contributed by atoms with Gasteiger partial charge in [-0.2, -0.15) is 5.26 Å². The highest BCUT2D eigenvalue weighted by Crippen LogP contribution is 2.34. The van der Waals surface area contributed by atoms with E-state index in [0.717, 1.165) is 27.7 Å². The SMILES string of the molecule is N#CCSC1=Nc2ccccc2C2=N[C@@H](Cc3c[nH]c4ccccc34)C(=O)N12. The van der Waals surface area contributed by atoms with E-state index in [9.17, 15) is 4.79 Å². The fourth-order valence-electron chi connectivity index (χ4n) is 3.64. The molecule has 1 aromatic heterocycles. The van der Waals surface area contributed by atoms with Crippen LogP contribution in [0.15, 0.2) is 64.7 Å². The number of carbonyl (C=O) groups is 1. The molecule has 0 fully saturated rings. The van der Waals surface area contributed by atoms with E-state index < -0.39 is 6.04 Å². The Kier molecular flexibility index (Phi) is 3.99. The normalized spacial score (nSPS) is 17.8. The minimum atomic E-state index is -0.506. The summed E-state index contributed by atoms with van der Waals surface area (Å²) in [4.78, 5) is 27.4. The molecule has 1 amide bonds. The summed E-state index contributed by atoms with van der Waals surface area (Å²) in [5.41, 5.74) is 3.73. The van der Waals surface area contributed by atoms with Crippen LogP contribution in [0.4, 0.5) is 5.69 Å². The first-order valence-corrected chi connectivity index (χ1v) is 9.89. The second-order valence-corrected chi connectivity index (χ2v) is 7.51. The van der Waals surface area contributed by atoms with Gasteiger partial charge in [0.05, 0.1) is 17.5 Å². The van der Waals surface area contributed by atoms with Crippen molar-refractivity contribution in [1.82, 2.24) is 9.88 Å². The van der Waals surface area contributed by atoms with Crippen molar-refractivity contribution < 1.29 is 4.79 Å². The van der Waals surface area contributed by atoms with Gasteiger partial charge in [0.2, 0.25) is 0 Å². The van der Waals surface area contributed by atoms with Gasteiger partial charge in [-0.25, -0.2) is 9.89 Å². The number of nitriles is 1. The number of amides is 1. The first-order chi connectivity index (χ1) is 13.8. The Morgan fingerprint density at radius 1 is 1.18 bits per heavy atom. The molecule has 0 spiro atoms. The summed E-state index contributed by atoms with van der Waals surface area (Å²) in [6, 6.07) is 17.3. The van der Waals surface area contributed by atoms with Crippen LogP contribution in [0.2, 0.25) is 0 Å². The number of aromatic amines is 1. The molecule has 2 aliphatic rings. The van der Waals surface area contributed by atoms with Crippen LogP contribution in [-0.4, -0.2) is 38.6 Å². The van der Waals surface area contributed by atoms with Crippen molar-refractivity contribution in [1.29, 1.82) is 5.26 Å². The van der Waals surface area contributed by atoms with Crippen molar-refractivity contribution in [3.63, 3.8) is 0 Å². The molecule has 0 bridgehead atoms. The van der Waals surface area contributed by atoms with E-state index in [4.69, 9.17) is 10.3 Å². The number of aliphatic imine (C=N–C) groups is 2. The van der Waals surface area contributed by atoms with Crippen LogP contribution in [0.25, 0.3) is 10.9 Å². The largest absolute Gasteiger partial charge is 0.361 e. The second-order valence-electron chi connectivity index (χ2n) is 6.56. The summed E-state index contributed by atoms with van der Waals surface area (Å²) >= 11 is 1.26. The number of rotatable bonds is 3. The van der Waals surface area contributed by atoms with Crippen molar-refractivity contribution in [2.45, 2.75) is 12.5 Å². The lowest BCUT2D eigenvalue weighted by atomic mass is 10.1. The molecule has 2 aromatic carbocycles. The molecule has 7 heteroatoms. The molecule has 3 heterocycles. The Balaban J connectivity index is 1.54. The summed E-state index contributed by atoms with van der Waals surface area (Å²) in [6.45, 7) is 0. The van der Waals surface area contributed by atoms with Crippen LogP contribution in [0.3, 0.4) is 0 Å². The number of amidine groups is 2. The highest BCUT2D eigenvalue weighted by molar-refractivity contribution is 8.14. The average molecular weight is 385 g/mol. The van der Waals surface area contributed by atoms with E-state index in [-0.39, 0.29) is 11.7 Å². The zero-order chi connectivity index (χ0) is 19.1. The van der Waals surface area contributed by atoms with E-state index in [0.29, 0.717) is 17.4 Å². The number of benzene rings is 2. The highest BCUT2D eigenvalue weighted by Gasteiger charge is 2.41. The van der Waals surface area contributed by atoms with Gasteiger partial charge in [0.15, 0.2) is 5.17 Å². The Bertz CT molecular complexity index is 1200. The van der Waals surface area contributed by atoms with Crippen molar-refractivity contribution in [3.05, 3.63) is 65.9 Å². The quantitative estimate of drug-likeness (QED) is 0.747. The number of fused-ring (bicyclic) bond motifs is 4. The predicted octanol–water partition coefficient (Wildman–Crippen LogP) is 3.63. The fourth-order valence-corrected chi connectivity index (χ4v) is 4.30. The maximum atomic E-state index is 13.2. The molecule has 1 N–H and O–H groups in total. The first kappa shape index (κ1) is 16.8. The molecule has 0 radical (unpaired) electrons. The monoisotopic (exact) mass is 385 g/mol. The summed E-state index contributed by atoms with van der Waals surface area (Å²) in [6.07, 6.45) is 2.46. The Morgan fingerprint density at radius 3 is 2.89 bits per heavy atom. The van der Waals surface area contributed by atoms with Crippen LogP contribution in [0.5, 0.6) is 0 Å². The number of nitrogens with one attached hydrogen (secondary N) is 1. The number of nitrogens with zero attached hydrogens (tertiary/aromatic N) is 4. The van der Waals surface area contributed by atoms with Crippen LogP contribution in [0.1, 0.15) is 11.1 Å². The molecule has 1 atom stereocenters. The number of hydrogen-bond acceptors (Lipinski definition) is 5. The summed E-state index contributed by atoms with van der Waals surface area (Å²) in [7, 11) is 0. The van der Waals surface area contributed by atoms with Gasteiger partial charge in [0, 0.05) is 29.1 Å². The fraction of sp³-hybridized carbons (Fsp3) is 0.143. The number of aromatic nitrogens is 1. The molecule has 136 valence electrons. The lowest BCUT2D eigenvalue weighted by Gasteiger charge is -2.25. The minimum Gasteiger partial charge on any atom is -0.361 e. The zero-order valence-electron chi connectivity index (χ0n) is 14.8. The average Bonchev–Trinajstić information content (AvgIpc) is 3.28. The second kappa shape index (κ2) is 6.66. The highest BCUT2D eigenvalue weighted by atomic mass is 32.2. The molecule has 0 aliphatic carbocycles. The maximum absolute atomic E-state index is 13.2. The molecule has 0 saturated carbocycles. The molecule has 28 heavy (non-hydrogen) atoms. The van der Waals surface area contributed by atoms with E-state index in [1.165, 1.54) is 11.8 Å². The van der Waals surface area contributed by atoms with Crippen molar-refractivity contribution >= 4 is 45.3 Å². The molecule has 2 aliphatic heterocycles. The van der Waals surface area contributed by atoms with E-state index in [1.54, 1.807) is 4.90 Å². The van der Waals surface area contributed by atoms with Gasteiger partial charge in [0.1, 0.15) is 11.9 Å². The third-order valence-electron chi connectivity index (χ3n) is 4.90. The smallest absolute Gasteiger partial charge is 0.259 e. The van der Waals surface area contributed by atoms with Crippen molar-refractivity contribution in [2.24, 2.45) is 9.98 Å². The van der Waals surface area contributed by atoms with E-state index in [1.807, 2.05) is 54.7 Å². The molecule has 0 saturated heterocycles. The lowest BCUT2D eigenvalue weighted by Crippen LogP contribution is -2.41. The third kappa shape index (κ3) is 2.62. The van der Waals surface area contributed by atoms with Crippen molar-refractivity contribution in [2.75, 3.05) is 5.75 Å². The molecule has 6 nitrogen and oxygen atoms in total. The molecule has 0 unspecified atom stereocenters. The number of carbonyl (C=O) groups excluding carboxylic acids is 1.